The van der Waals surface area contributed by atoms with E-state index in [1.165, 1.54) is 4.90 Å². The Hall–Kier alpha value is -2.06. The van der Waals surface area contributed by atoms with Gasteiger partial charge in [0.05, 0.1) is 28.6 Å². The van der Waals surface area contributed by atoms with Crippen LogP contribution in [0, 0.1) is 0 Å². The number of hydrogen-bond acceptors (Lipinski definition) is 4. The van der Waals surface area contributed by atoms with Crippen molar-refractivity contribution in [2.24, 2.45) is 0 Å². The number of amides is 1. The van der Waals surface area contributed by atoms with E-state index in [1.807, 2.05) is 71.2 Å². The van der Waals surface area contributed by atoms with Gasteiger partial charge in [0.15, 0.2) is 0 Å². The number of imidazole rings is 1. The lowest BCUT2D eigenvalue weighted by Crippen LogP contribution is -2.46. The first-order valence-electron chi connectivity index (χ1n) is 9.63. The summed E-state index contributed by atoms with van der Waals surface area (Å²) in [5, 5.41) is 9.47. The van der Waals surface area contributed by atoms with Crippen molar-refractivity contribution < 1.29 is 19.2 Å². The van der Waals surface area contributed by atoms with E-state index >= 15 is 0 Å². The third kappa shape index (κ3) is 3.75. The molecule has 0 aliphatic carbocycles. The van der Waals surface area contributed by atoms with Gasteiger partial charge in [0, 0.05) is 18.6 Å². The van der Waals surface area contributed by atoms with E-state index in [4.69, 9.17) is 9.31 Å². The van der Waals surface area contributed by atoms with Crippen molar-refractivity contribution in [2.45, 2.75) is 71.8 Å². The highest BCUT2D eigenvalue weighted by atomic mass is 16.7. The summed E-state index contributed by atoms with van der Waals surface area (Å²) in [4.78, 5) is 17.5. The van der Waals surface area contributed by atoms with Crippen LogP contribution in [0.2, 0.25) is 0 Å². The number of fused-ring (bicyclic) bond motifs is 1. The number of hydrogen-bond donors (Lipinski definition) is 1. The van der Waals surface area contributed by atoms with Crippen LogP contribution >= 0.6 is 0 Å². The molecule has 28 heavy (non-hydrogen) atoms. The largest absolute Gasteiger partial charge is 0.494 e. The van der Waals surface area contributed by atoms with Crippen LogP contribution in [-0.2, 0) is 15.9 Å². The molecule has 7 nitrogen and oxygen atoms in total. The molecule has 8 heteroatoms. The molecular weight excluding hydrogens is 357 g/mol. The Morgan fingerprint density at radius 3 is 2.36 bits per heavy atom. The van der Waals surface area contributed by atoms with Gasteiger partial charge in [-0.1, -0.05) is 6.07 Å². The Labute approximate surface area is 166 Å². The summed E-state index contributed by atoms with van der Waals surface area (Å²) < 4.78 is 14.2. The first-order chi connectivity index (χ1) is 12.8. The number of carbonyl (C=O) groups is 1. The summed E-state index contributed by atoms with van der Waals surface area (Å²) >= 11 is 0. The normalized spacial score (nSPS) is 18.6. The summed E-state index contributed by atoms with van der Waals surface area (Å²) in [5.74, 6) is 0. The smallest absolute Gasteiger partial charge is 0.465 e. The van der Waals surface area contributed by atoms with Crippen LogP contribution in [0.25, 0.3) is 11.0 Å². The molecule has 0 atom stereocenters. The van der Waals surface area contributed by atoms with Gasteiger partial charge in [0.2, 0.25) is 0 Å². The second kappa shape index (κ2) is 6.78. The Balaban J connectivity index is 1.79. The molecule has 1 aliphatic heterocycles. The molecule has 2 aromatic rings. The second-order valence-electron chi connectivity index (χ2n) is 9.38. The van der Waals surface area contributed by atoms with E-state index in [9.17, 15) is 9.90 Å². The van der Waals surface area contributed by atoms with Gasteiger partial charge < -0.3 is 23.9 Å². The van der Waals surface area contributed by atoms with E-state index in [-0.39, 0.29) is 11.2 Å². The van der Waals surface area contributed by atoms with Gasteiger partial charge in [-0.15, -0.1) is 0 Å². The molecule has 0 spiro atoms. The molecule has 2 heterocycles. The topological polar surface area (TPSA) is 76.8 Å². The molecule has 1 saturated heterocycles. The fourth-order valence-corrected chi connectivity index (χ4v) is 3.31. The molecule has 1 aliphatic rings. The quantitative estimate of drug-likeness (QED) is 0.816. The van der Waals surface area contributed by atoms with Crippen molar-refractivity contribution in [1.82, 2.24) is 14.5 Å². The van der Waals surface area contributed by atoms with Crippen molar-refractivity contribution in [1.29, 1.82) is 0 Å². The summed E-state index contributed by atoms with van der Waals surface area (Å²) in [7, 11) is -0.428. The molecule has 1 fully saturated rings. The lowest BCUT2D eigenvalue weighted by atomic mass is 9.79. The Morgan fingerprint density at radius 1 is 1.21 bits per heavy atom. The number of benzene rings is 1. The molecule has 1 amide bonds. The molecule has 1 aromatic carbocycles. The van der Waals surface area contributed by atoms with E-state index in [0.29, 0.717) is 13.1 Å². The maximum Gasteiger partial charge on any atom is 0.494 e. The van der Waals surface area contributed by atoms with Crippen molar-refractivity contribution in [2.75, 3.05) is 6.54 Å². The van der Waals surface area contributed by atoms with Crippen molar-refractivity contribution in [3.8, 4) is 0 Å². The fraction of sp³-hybridized carbons (Fsp3) is 0.600. The van der Waals surface area contributed by atoms with Gasteiger partial charge in [-0.2, -0.15) is 0 Å². The second-order valence-corrected chi connectivity index (χ2v) is 9.38. The molecule has 0 bridgehead atoms. The van der Waals surface area contributed by atoms with Crippen LogP contribution in [-0.4, -0.2) is 56.1 Å². The Morgan fingerprint density at radius 2 is 1.82 bits per heavy atom. The highest BCUT2D eigenvalue weighted by Gasteiger charge is 2.51. The number of rotatable bonds is 4. The lowest BCUT2D eigenvalue weighted by Gasteiger charge is -2.33. The lowest BCUT2D eigenvalue weighted by molar-refractivity contribution is 0.00578. The van der Waals surface area contributed by atoms with Crippen LogP contribution in [0.3, 0.4) is 0 Å². The van der Waals surface area contributed by atoms with Gasteiger partial charge in [-0.05, 0) is 66.1 Å². The minimum absolute atomic E-state index is 0.390. The van der Waals surface area contributed by atoms with Crippen LogP contribution in [0.5, 0.6) is 0 Å². The summed E-state index contributed by atoms with van der Waals surface area (Å²) in [5.41, 5.74) is 1.49. The van der Waals surface area contributed by atoms with E-state index < -0.39 is 18.8 Å². The fourth-order valence-electron chi connectivity index (χ4n) is 3.31. The zero-order chi connectivity index (χ0) is 20.9. The summed E-state index contributed by atoms with van der Waals surface area (Å²) in [6.45, 7) is 14.7. The minimum Gasteiger partial charge on any atom is -0.465 e. The average Bonchev–Trinajstić information content (AvgIpc) is 3.03. The molecule has 3 rings (SSSR count). The maximum absolute atomic E-state index is 11.5. The number of nitrogens with zero attached hydrogens (tertiary/aromatic N) is 3. The zero-order valence-electron chi connectivity index (χ0n) is 17.8. The Kier molecular flexibility index (Phi) is 5.00. The Bertz CT molecular complexity index is 869. The first kappa shape index (κ1) is 20.7. The van der Waals surface area contributed by atoms with Crippen LogP contribution in [0.1, 0.15) is 48.5 Å². The summed E-state index contributed by atoms with van der Waals surface area (Å²) in [6.07, 6.45) is 0.835. The van der Waals surface area contributed by atoms with E-state index in [0.717, 1.165) is 16.5 Å². The minimum atomic E-state index is -0.917. The molecule has 0 radical (unpaired) electrons. The van der Waals surface area contributed by atoms with E-state index in [2.05, 4.69) is 4.98 Å². The third-order valence-electron chi connectivity index (χ3n) is 5.78. The molecule has 0 saturated carbocycles. The van der Waals surface area contributed by atoms with Gasteiger partial charge in [0.25, 0.3) is 0 Å². The zero-order valence-corrected chi connectivity index (χ0v) is 17.8. The molecule has 0 unspecified atom stereocenters. The number of carboxylic acid groups (broad SMARTS) is 1. The van der Waals surface area contributed by atoms with Crippen LogP contribution in [0.4, 0.5) is 4.79 Å². The van der Waals surface area contributed by atoms with Crippen molar-refractivity contribution >= 4 is 29.7 Å². The van der Waals surface area contributed by atoms with E-state index in [1.54, 1.807) is 6.33 Å². The average molecular weight is 387 g/mol. The maximum atomic E-state index is 11.5. The van der Waals surface area contributed by atoms with Crippen LogP contribution < -0.4 is 5.46 Å². The van der Waals surface area contributed by atoms with Gasteiger partial charge >= 0.3 is 13.2 Å². The number of aromatic nitrogens is 2. The third-order valence-corrected chi connectivity index (χ3v) is 5.78. The standard InChI is InChI=1S/C20H30BN3O4/c1-18(2,3)24(17(25)26)11-10-23-13-22-15-12-14(8-9-16(15)23)21-27-19(4,5)20(6,7)28-21/h8-9,12-13H,10-11H2,1-7H3,(H,25,26). The molecule has 1 aromatic heterocycles. The molecule has 1 N–H and O–H groups in total. The van der Waals surface area contributed by atoms with Gasteiger partial charge in [-0.3, -0.25) is 0 Å². The van der Waals surface area contributed by atoms with Crippen molar-refractivity contribution in [3.05, 3.63) is 24.5 Å². The predicted molar refractivity (Wildman–Crippen MR) is 110 cm³/mol. The summed E-state index contributed by atoms with van der Waals surface area (Å²) in [6, 6.07) is 5.96. The molecule has 152 valence electrons. The first-order valence-corrected chi connectivity index (χ1v) is 9.63. The predicted octanol–water partition coefficient (Wildman–Crippen LogP) is 3.11. The highest BCUT2D eigenvalue weighted by Crippen LogP contribution is 2.36. The van der Waals surface area contributed by atoms with Crippen molar-refractivity contribution in [3.63, 3.8) is 0 Å². The highest BCUT2D eigenvalue weighted by molar-refractivity contribution is 6.62. The van der Waals surface area contributed by atoms with Gasteiger partial charge in [-0.25, -0.2) is 9.78 Å². The SMILES string of the molecule is CC(C)(C)N(CCn1cnc2cc(B3OC(C)(C)C(C)(C)O3)ccc21)C(=O)O. The van der Waals surface area contributed by atoms with Crippen LogP contribution in [0.15, 0.2) is 24.5 Å². The monoisotopic (exact) mass is 387 g/mol. The van der Waals surface area contributed by atoms with Gasteiger partial charge in [0.1, 0.15) is 0 Å². The molecular formula is C20H30BN3O4.